The molecule has 0 bridgehead atoms. The number of carboxylic acid groups (broad SMARTS) is 1. The zero-order chi connectivity index (χ0) is 13.0. The SMILES string of the molecule is Cc1nc(OCC(=O)O)cc(-c2ccccn2)n1. The number of aryl methyl sites for hydroxylation is 1. The Bertz CT molecular complexity index is 558. The first kappa shape index (κ1) is 12.0. The van der Waals surface area contributed by atoms with E-state index in [1.165, 1.54) is 0 Å². The number of pyridine rings is 1. The van der Waals surface area contributed by atoms with Gasteiger partial charge in [0.25, 0.3) is 0 Å². The van der Waals surface area contributed by atoms with Crippen LogP contribution >= 0.6 is 0 Å². The summed E-state index contributed by atoms with van der Waals surface area (Å²) < 4.78 is 5.03. The minimum atomic E-state index is -1.05. The van der Waals surface area contributed by atoms with E-state index in [4.69, 9.17) is 9.84 Å². The molecule has 0 aromatic carbocycles. The maximum atomic E-state index is 10.4. The summed E-state index contributed by atoms with van der Waals surface area (Å²) in [7, 11) is 0. The third-order valence-corrected chi connectivity index (χ3v) is 2.09. The van der Waals surface area contributed by atoms with Crippen LogP contribution in [-0.2, 0) is 4.79 Å². The number of carbonyl (C=O) groups is 1. The first-order chi connectivity index (χ1) is 8.65. The highest BCUT2D eigenvalue weighted by Gasteiger charge is 2.07. The first-order valence-corrected chi connectivity index (χ1v) is 5.27. The molecule has 92 valence electrons. The van der Waals surface area contributed by atoms with Crippen LogP contribution in [0.1, 0.15) is 5.82 Å². The number of hydrogen-bond donors (Lipinski definition) is 1. The van der Waals surface area contributed by atoms with Gasteiger partial charge in [0.1, 0.15) is 5.82 Å². The van der Waals surface area contributed by atoms with Crippen molar-refractivity contribution in [2.75, 3.05) is 6.61 Å². The van der Waals surface area contributed by atoms with E-state index in [9.17, 15) is 4.79 Å². The van der Waals surface area contributed by atoms with Crippen molar-refractivity contribution in [1.29, 1.82) is 0 Å². The minimum Gasteiger partial charge on any atom is -0.479 e. The van der Waals surface area contributed by atoms with Crippen molar-refractivity contribution in [2.24, 2.45) is 0 Å². The van der Waals surface area contributed by atoms with E-state index in [1.54, 1.807) is 25.3 Å². The van der Waals surface area contributed by atoms with Crippen molar-refractivity contribution >= 4 is 5.97 Å². The number of aliphatic carboxylic acids is 1. The third kappa shape index (κ3) is 3.00. The summed E-state index contributed by atoms with van der Waals surface area (Å²) in [6, 6.07) is 7.03. The molecule has 0 aliphatic carbocycles. The van der Waals surface area contributed by atoms with E-state index in [-0.39, 0.29) is 5.88 Å². The van der Waals surface area contributed by atoms with Crippen LogP contribution in [0.25, 0.3) is 11.4 Å². The second-order valence-corrected chi connectivity index (χ2v) is 3.54. The maximum absolute atomic E-state index is 10.4. The van der Waals surface area contributed by atoms with Gasteiger partial charge < -0.3 is 9.84 Å². The standard InChI is InChI=1S/C12H11N3O3/c1-8-14-10(9-4-2-3-5-13-9)6-11(15-8)18-7-12(16)17/h2-6H,7H2,1H3,(H,16,17). The van der Waals surface area contributed by atoms with Gasteiger partial charge in [0.2, 0.25) is 5.88 Å². The molecule has 2 heterocycles. The normalized spacial score (nSPS) is 10.1. The predicted octanol–water partition coefficient (Wildman–Crippen LogP) is 1.31. The van der Waals surface area contributed by atoms with Gasteiger partial charge in [-0.1, -0.05) is 6.07 Å². The van der Waals surface area contributed by atoms with Crippen molar-refractivity contribution in [2.45, 2.75) is 6.92 Å². The first-order valence-electron chi connectivity index (χ1n) is 5.27. The zero-order valence-corrected chi connectivity index (χ0v) is 9.70. The third-order valence-electron chi connectivity index (χ3n) is 2.09. The van der Waals surface area contributed by atoms with Gasteiger partial charge in [0, 0.05) is 12.3 Å². The van der Waals surface area contributed by atoms with E-state index in [0.29, 0.717) is 17.2 Å². The topological polar surface area (TPSA) is 85.2 Å². The summed E-state index contributed by atoms with van der Waals surface area (Å²) >= 11 is 0. The highest BCUT2D eigenvalue weighted by atomic mass is 16.5. The second-order valence-electron chi connectivity index (χ2n) is 3.54. The zero-order valence-electron chi connectivity index (χ0n) is 9.70. The summed E-state index contributed by atoms with van der Waals surface area (Å²) in [5.74, 6) is -0.324. The molecule has 2 rings (SSSR count). The number of aromatic nitrogens is 3. The Morgan fingerprint density at radius 2 is 2.17 bits per heavy atom. The van der Waals surface area contributed by atoms with Gasteiger partial charge in [-0.25, -0.2) is 9.78 Å². The molecule has 6 nitrogen and oxygen atoms in total. The fourth-order valence-corrected chi connectivity index (χ4v) is 1.40. The molecule has 2 aromatic heterocycles. The monoisotopic (exact) mass is 245 g/mol. The molecule has 0 fully saturated rings. The molecule has 18 heavy (non-hydrogen) atoms. The van der Waals surface area contributed by atoms with Gasteiger partial charge in [-0.05, 0) is 19.1 Å². The Morgan fingerprint density at radius 1 is 1.33 bits per heavy atom. The molecule has 0 spiro atoms. The van der Waals surface area contributed by atoms with E-state index in [2.05, 4.69) is 15.0 Å². The van der Waals surface area contributed by atoms with Crippen molar-refractivity contribution in [3.8, 4) is 17.3 Å². The molecule has 6 heteroatoms. The van der Waals surface area contributed by atoms with Gasteiger partial charge in [-0.2, -0.15) is 4.98 Å². The van der Waals surface area contributed by atoms with E-state index in [1.807, 2.05) is 12.1 Å². The van der Waals surface area contributed by atoms with Crippen molar-refractivity contribution in [3.63, 3.8) is 0 Å². The van der Waals surface area contributed by atoms with Gasteiger partial charge >= 0.3 is 5.97 Å². The summed E-state index contributed by atoms with van der Waals surface area (Å²) in [6.45, 7) is 1.28. The van der Waals surface area contributed by atoms with E-state index < -0.39 is 12.6 Å². The molecule has 0 saturated carbocycles. The smallest absolute Gasteiger partial charge is 0.341 e. The number of carboxylic acids is 1. The van der Waals surface area contributed by atoms with Crippen molar-refractivity contribution < 1.29 is 14.6 Å². The van der Waals surface area contributed by atoms with Crippen LogP contribution in [-0.4, -0.2) is 32.6 Å². The van der Waals surface area contributed by atoms with Gasteiger partial charge in [0.15, 0.2) is 6.61 Å². The van der Waals surface area contributed by atoms with E-state index >= 15 is 0 Å². The average Bonchev–Trinajstić information content (AvgIpc) is 2.37. The Kier molecular flexibility index (Phi) is 3.47. The Hall–Kier alpha value is -2.50. The van der Waals surface area contributed by atoms with Crippen LogP contribution in [0.3, 0.4) is 0 Å². The summed E-state index contributed by atoms with van der Waals surface area (Å²) in [5, 5.41) is 8.55. The lowest BCUT2D eigenvalue weighted by molar-refractivity contribution is -0.139. The van der Waals surface area contributed by atoms with Crippen LogP contribution < -0.4 is 4.74 Å². The lowest BCUT2D eigenvalue weighted by atomic mass is 10.2. The summed E-state index contributed by atoms with van der Waals surface area (Å²) in [5.41, 5.74) is 1.28. The van der Waals surface area contributed by atoms with Gasteiger partial charge in [0.05, 0.1) is 11.4 Å². The van der Waals surface area contributed by atoms with Crippen LogP contribution in [0, 0.1) is 6.92 Å². The Labute approximate surface area is 103 Å². The molecule has 0 radical (unpaired) electrons. The largest absolute Gasteiger partial charge is 0.479 e. The molecule has 0 aliphatic rings. The van der Waals surface area contributed by atoms with Crippen LogP contribution in [0.5, 0.6) is 5.88 Å². The average molecular weight is 245 g/mol. The van der Waals surface area contributed by atoms with Crippen LogP contribution in [0.2, 0.25) is 0 Å². The number of nitrogens with zero attached hydrogens (tertiary/aromatic N) is 3. The summed E-state index contributed by atoms with van der Waals surface area (Å²) in [4.78, 5) is 22.8. The predicted molar refractivity (Wildman–Crippen MR) is 63.1 cm³/mol. The molecule has 0 aliphatic heterocycles. The van der Waals surface area contributed by atoms with Gasteiger partial charge in [-0.3, -0.25) is 4.98 Å². The maximum Gasteiger partial charge on any atom is 0.341 e. The van der Waals surface area contributed by atoms with Crippen LogP contribution in [0.4, 0.5) is 0 Å². The minimum absolute atomic E-state index is 0.227. The molecule has 2 aromatic rings. The number of hydrogen-bond acceptors (Lipinski definition) is 5. The lowest BCUT2D eigenvalue weighted by Crippen LogP contribution is -2.11. The molecular weight excluding hydrogens is 234 g/mol. The molecule has 0 atom stereocenters. The Morgan fingerprint density at radius 3 is 2.83 bits per heavy atom. The highest BCUT2D eigenvalue weighted by Crippen LogP contribution is 2.18. The second kappa shape index (κ2) is 5.22. The Balaban J connectivity index is 2.29. The van der Waals surface area contributed by atoms with E-state index in [0.717, 1.165) is 0 Å². The van der Waals surface area contributed by atoms with Crippen molar-refractivity contribution in [3.05, 3.63) is 36.3 Å². The quantitative estimate of drug-likeness (QED) is 0.874. The van der Waals surface area contributed by atoms with Crippen molar-refractivity contribution in [1.82, 2.24) is 15.0 Å². The van der Waals surface area contributed by atoms with Gasteiger partial charge in [-0.15, -0.1) is 0 Å². The molecule has 1 N–H and O–H groups in total. The highest BCUT2D eigenvalue weighted by molar-refractivity contribution is 5.68. The van der Waals surface area contributed by atoms with Crippen LogP contribution in [0.15, 0.2) is 30.5 Å². The fraction of sp³-hybridized carbons (Fsp3) is 0.167. The lowest BCUT2D eigenvalue weighted by Gasteiger charge is -2.05. The number of ether oxygens (including phenoxy) is 1. The summed E-state index contributed by atoms with van der Waals surface area (Å²) in [6.07, 6.45) is 1.66. The molecule has 0 saturated heterocycles. The number of rotatable bonds is 4. The molecule has 0 unspecified atom stereocenters. The fourth-order valence-electron chi connectivity index (χ4n) is 1.40. The molecular formula is C12H11N3O3. The molecule has 0 amide bonds.